The van der Waals surface area contributed by atoms with Gasteiger partial charge in [0, 0.05) is 25.3 Å². The van der Waals surface area contributed by atoms with Crippen LogP contribution < -0.4 is 10.7 Å². The number of amides is 4. The third kappa shape index (κ3) is 3.30. The molecule has 2 rings (SSSR count). The number of rotatable bonds is 5. The van der Waals surface area contributed by atoms with E-state index in [1.807, 2.05) is 5.01 Å². The number of hydrazine groups is 1. The molecule has 0 aromatic rings. The Morgan fingerprint density at radius 3 is 2.57 bits per heavy atom. The quantitative estimate of drug-likeness (QED) is 0.565. The average Bonchev–Trinajstić information content (AvgIpc) is 2.44. The molecule has 0 bridgehead atoms. The number of imide groups is 2. The number of barbiturate groups is 1. The zero-order valence-corrected chi connectivity index (χ0v) is 11.9. The molecule has 0 saturated carbocycles. The molecular weight excluding hydrogens is 272 g/mol. The van der Waals surface area contributed by atoms with E-state index in [0.29, 0.717) is 5.70 Å². The Balaban J connectivity index is 2.06. The predicted molar refractivity (Wildman–Crippen MR) is 76.6 cm³/mol. The fourth-order valence-corrected chi connectivity index (χ4v) is 2.50. The average molecular weight is 292 g/mol. The molecule has 2 aliphatic rings. The first-order chi connectivity index (χ1) is 10.0. The minimum Gasteiger partial charge on any atom is -0.322 e. The van der Waals surface area contributed by atoms with E-state index in [4.69, 9.17) is 0 Å². The van der Waals surface area contributed by atoms with Gasteiger partial charge in [-0.2, -0.15) is 0 Å². The summed E-state index contributed by atoms with van der Waals surface area (Å²) < 4.78 is 0. The summed E-state index contributed by atoms with van der Waals surface area (Å²) in [6.07, 6.45) is 4.73. The minimum absolute atomic E-state index is 0.0610. The molecule has 2 saturated heterocycles. The van der Waals surface area contributed by atoms with E-state index in [2.05, 4.69) is 23.9 Å². The number of carbonyl (C=O) groups excluding carboxylic acids is 3. The maximum absolute atomic E-state index is 12.3. The van der Waals surface area contributed by atoms with Gasteiger partial charge in [0.2, 0.25) is 11.8 Å². The molecule has 0 radical (unpaired) electrons. The Labute approximate surface area is 123 Å². The lowest BCUT2D eigenvalue weighted by molar-refractivity contribution is -0.140. The second-order valence-corrected chi connectivity index (χ2v) is 5.15. The monoisotopic (exact) mass is 292 g/mol. The summed E-state index contributed by atoms with van der Waals surface area (Å²) in [6.45, 7) is 9.04. The normalized spacial score (nSPS) is 23.7. The highest BCUT2D eigenvalue weighted by Gasteiger charge is 2.41. The Morgan fingerprint density at radius 2 is 1.95 bits per heavy atom. The van der Waals surface area contributed by atoms with Crippen molar-refractivity contribution in [3.05, 3.63) is 24.9 Å². The van der Waals surface area contributed by atoms with Crippen LogP contribution in [0.15, 0.2) is 24.9 Å². The number of nitrogens with one attached hydrogen (secondary N) is 2. The van der Waals surface area contributed by atoms with Crippen molar-refractivity contribution < 1.29 is 14.4 Å². The van der Waals surface area contributed by atoms with Gasteiger partial charge in [-0.15, -0.1) is 6.58 Å². The summed E-state index contributed by atoms with van der Waals surface area (Å²) in [7, 11) is 0. The molecule has 2 N–H and O–H groups in total. The van der Waals surface area contributed by atoms with Crippen LogP contribution >= 0.6 is 0 Å². The predicted octanol–water partition coefficient (Wildman–Crippen LogP) is 0.371. The maximum atomic E-state index is 12.3. The van der Waals surface area contributed by atoms with Crippen LogP contribution in [0.2, 0.25) is 0 Å². The van der Waals surface area contributed by atoms with E-state index >= 15 is 0 Å². The molecule has 0 spiro atoms. The number of urea groups is 1. The van der Waals surface area contributed by atoms with Crippen molar-refractivity contribution in [1.29, 1.82) is 0 Å². The molecule has 0 aliphatic carbocycles. The second kappa shape index (κ2) is 6.53. The first-order valence-corrected chi connectivity index (χ1v) is 7.02. The molecule has 0 unspecified atom stereocenters. The van der Waals surface area contributed by atoms with Crippen LogP contribution in [-0.2, 0) is 9.59 Å². The first kappa shape index (κ1) is 15.2. The van der Waals surface area contributed by atoms with Gasteiger partial charge in [0.15, 0.2) is 5.92 Å². The van der Waals surface area contributed by atoms with Gasteiger partial charge in [-0.05, 0) is 12.8 Å². The van der Waals surface area contributed by atoms with E-state index in [0.717, 1.165) is 30.8 Å². The SMILES string of the molecule is C=CCN1C(=O)NC(=O)[C@@H](C(=C)NN2CCCCC2)C1=O. The van der Waals surface area contributed by atoms with Crippen molar-refractivity contribution in [3.63, 3.8) is 0 Å². The van der Waals surface area contributed by atoms with Crippen LogP contribution in [0.4, 0.5) is 4.79 Å². The summed E-state index contributed by atoms with van der Waals surface area (Å²) in [5.74, 6) is -2.30. The molecule has 7 heteroatoms. The lowest BCUT2D eigenvalue weighted by atomic mass is 10.0. The Morgan fingerprint density at radius 1 is 1.29 bits per heavy atom. The van der Waals surface area contributed by atoms with Crippen molar-refractivity contribution in [2.45, 2.75) is 19.3 Å². The van der Waals surface area contributed by atoms with Crippen LogP contribution in [0.5, 0.6) is 0 Å². The van der Waals surface area contributed by atoms with Gasteiger partial charge in [-0.25, -0.2) is 9.80 Å². The number of hydrogen-bond donors (Lipinski definition) is 2. The zero-order chi connectivity index (χ0) is 15.4. The lowest BCUT2D eigenvalue weighted by Crippen LogP contribution is -2.60. The van der Waals surface area contributed by atoms with Gasteiger partial charge in [0.1, 0.15) is 0 Å². The minimum atomic E-state index is -1.09. The first-order valence-electron chi connectivity index (χ1n) is 7.02. The van der Waals surface area contributed by atoms with Crippen LogP contribution in [0, 0.1) is 5.92 Å². The molecule has 4 amide bonds. The van der Waals surface area contributed by atoms with E-state index in [-0.39, 0.29) is 6.54 Å². The number of nitrogens with zero attached hydrogens (tertiary/aromatic N) is 2. The number of hydrogen-bond acceptors (Lipinski definition) is 5. The fourth-order valence-electron chi connectivity index (χ4n) is 2.50. The van der Waals surface area contributed by atoms with Crippen LogP contribution in [0.1, 0.15) is 19.3 Å². The largest absolute Gasteiger partial charge is 0.331 e. The van der Waals surface area contributed by atoms with Crippen molar-refractivity contribution in [1.82, 2.24) is 20.7 Å². The van der Waals surface area contributed by atoms with E-state index in [1.54, 1.807) is 0 Å². The van der Waals surface area contributed by atoms with Crippen LogP contribution in [0.25, 0.3) is 0 Å². The van der Waals surface area contributed by atoms with Crippen LogP contribution in [-0.4, -0.2) is 47.4 Å². The van der Waals surface area contributed by atoms with E-state index < -0.39 is 23.8 Å². The molecule has 7 nitrogen and oxygen atoms in total. The lowest BCUT2D eigenvalue weighted by Gasteiger charge is -2.34. The topological polar surface area (TPSA) is 81.8 Å². The third-order valence-electron chi connectivity index (χ3n) is 3.57. The molecule has 21 heavy (non-hydrogen) atoms. The van der Waals surface area contributed by atoms with Gasteiger partial charge in [-0.3, -0.25) is 19.8 Å². The molecule has 114 valence electrons. The van der Waals surface area contributed by atoms with Gasteiger partial charge < -0.3 is 5.43 Å². The Kier molecular flexibility index (Phi) is 4.74. The molecule has 2 aliphatic heterocycles. The molecule has 2 heterocycles. The standard InChI is InChI=1S/C14H20N4O3/c1-3-7-18-13(20)11(12(19)15-14(18)21)10(2)16-17-8-5-4-6-9-17/h3,11,16H,1-2,4-9H2,(H,15,19,21)/t11-/m1/s1. The van der Waals surface area contributed by atoms with Gasteiger partial charge in [-0.1, -0.05) is 19.1 Å². The van der Waals surface area contributed by atoms with Crippen molar-refractivity contribution in [3.8, 4) is 0 Å². The summed E-state index contributed by atoms with van der Waals surface area (Å²) >= 11 is 0. The van der Waals surface area contributed by atoms with Gasteiger partial charge in [0.05, 0.1) is 0 Å². The van der Waals surface area contributed by atoms with Crippen LogP contribution in [0.3, 0.4) is 0 Å². The summed E-state index contributed by atoms with van der Waals surface area (Å²) in [5.41, 5.74) is 3.31. The van der Waals surface area contributed by atoms with Gasteiger partial charge >= 0.3 is 6.03 Å². The Bertz CT molecular complexity index is 483. The third-order valence-corrected chi connectivity index (χ3v) is 3.57. The molecule has 0 aromatic heterocycles. The summed E-state index contributed by atoms with van der Waals surface area (Å²) in [4.78, 5) is 36.8. The van der Waals surface area contributed by atoms with Crippen molar-refractivity contribution >= 4 is 17.8 Å². The zero-order valence-electron chi connectivity index (χ0n) is 11.9. The highest BCUT2D eigenvalue weighted by atomic mass is 16.2. The fraction of sp³-hybridized carbons (Fsp3) is 0.500. The summed E-state index contributed by atoms with van der Waals surface area (Å²) in [6, 6.07) is -0.716. The maximum Gasteiger partial charge on any atom is 0.331 e. The molecular formula is C14H20N4O3. The molecule has 1 atom stereocenters. The van der Waals surface area contributed by atoms with E-state index in [9.17, 15) is 14.4 Å². The number of piperidine rings is 1. The van der Waals surface area contributed by atoms with Gasteiger partial charge in [0.25, 0.3) is 0 Å². The second-order valence-electron chi connectivity index (χ2n) is 5.15. The van der Waals surface area contributed by atoms with E-state index in [1.165, 1.54) is 12.5 Å². The summed E-state index contributed by atoms with van der Waals surface area (Å²) in [5, 5.41) is 4.12. The van der Waals surface area contributed by atoms with Crippen molar-refractivity contribution in [2.75, 3.05) is 19.6 Å². The van der Waals surface area contributed by atoms with Crippen molar-refractivity contribution in [2.24, 2.45) is 5.92 Å². The molecule has 0 aromatic carbocycles. The smallest absolute Gasteiger partial charge is 0.322 e. The Hall–Kier alpha value is -2.15. The highest BCUT2D eigenvalue weighted by molar-refractivity contribution is 6.17. The highest BCUT2D eigenvalue weighted by Crippen LogP contribution is 2.17. The molecule has 2 fully saturated rings. The number of carbonyl (C=O) groups is 3.